The van der Waals surface area contributed by atoms with Crippen molar-refractivity contribution in [1.29, 1.82) is 0 Å². The minimum Gasteiger partial charge on any atom is -0.505 e. The van der Waals surface area contributed by atoms with Crippen LogP contribution in [0.3, 0.4) is 0 Å². The Bertz CT molecular complexity index is 1030. The molecule has 1 aromatic carbocycles. The van der Waals surface area contributed by atoms with Gasteiger partial charge in [0.2, 0.25) is 0 Å². The van der Waals surface area contributed by atoms with Crippen molar-refractivity contribution in [3.8, 4) is 5.75 Å². The zero-order valence-corrected chi connectivity index (χ0v) is 14.0. The Balaban J connectivity index is 2.11. The van der Waals surface area contributed by atoms with Gasteiger partial charge in [0, 0.05) is 12.6 Å². The van der Waals surface area contributed by atoms with Gasteiger partial charge >= 0.3 is 0 Å². The fraction of sp³-hybridized carbons (Fsp3) is 0.176. The molecular formula is C17H14F2N2O3S. The zero-order chi connectivity index (χ0) is 18.1. The van der Waals surface area contributed by atoms with Crippen molar-refractivity contribution in [2.24, 2.45) is 0 Å². The molecule has 0 aliphatic rings. The van der Waals surface area contributed by atoms with E-state index in [1.807, 2.05) is 6.92 Å². The Hall–Kier alpha value is -2.74. The summed E-state index contributed by atoms with van der Waals surface area (Å²) in [7, 11) is 0. The summed E-state index contributed by atoms with van der Waals surface area (Å²) in [5, 5.41) is 14.3. The van der Waals surface area contributed by atoms with Crippen molar-refractivity contribution in [3.63, 3.8) is 0 Å². The maximum atomic E-state index is 13.7. The van der Waals surface area contributed by atoms with Gasteiger partial charge < -0.3 is 15.0 Å². The molecule has 0 aliphatic heterocycles. The smallest absolute Gasteiger partial charge is 0.267 e. The number of carbonyl (C=O) groups is 1. The van der Waals surface area contributed by atoms with Crippen LogP contribution in [0.25, 0.3) is 10.2 Å². The number of thiophene rings is 1. The van der Waals surface area contributed by atoms with Crippen molar-refractivity contribution in [2.75, 3.05) is 5.32 Å². The van der Waals surface area contributed by atoms with Gasteiger partial charge in [0.05, 0.1) is 15.9 Å². The number of aromatic hydroxyl groups is 1. The molecule has 8 heteroatoms. The number of benzene rings is 1. The van der Waals surface area contributed by atoms with E-state index in [0.29, 0.717) is 29.2 Å². The first-order valence-corrected chi connectivity index (χ1v) is 8.41. The van der Waals surface area contributed by atoms with E-state index in [-0.39, 0.29) is 5.69 Å². The lowest BCUT2D eigenvalue weighted by molar-refractivity contribution is 0.102. The molecule has 3 rings (SSSR count). The van der Waals surface area contributed by atoms with Crippen LogP contribution in [0.2, 0.25) is 0 Å². The van der Waals surface area contributed by atoms with E-state index in [1.165, 1.54) is 15.9 Å². The highest BCUT2D eigenvalue weighted by Gasteiger charge is 2.23. The molecule has 1 amide bonds. The largest absolute Gasteiger partial charge is 0.505 e. The summed E-state index contributed by atoms with van der Waals surface area (Å²) in [5.41, 5.74) is -0.866. The van der Waals surface area contributed by atoms with Crippen LogP contribution in [0.15, 0.2) is 34.4 Å². The topological polar surface area (TPSA) is 71.3 Å². The number of nitrogens with one attached hydrogen (secondary N) is 1. The number of anilines is 1. The molecule has 0 spiro atoms. The molecule has 0 radical (unpaired) electrons. The number of aromatic nitrogens is 1. The van der Waals surface area contributed by atoms with Crippen molar-refractivity contribution < 1.29 is 18.7 Å². The molecule has 25 heavy (non-hydrogen) atoms. The average Bonchev–Trinajstić information content (AvgIpc) is 3.04. The first-order valence-electron chi connectivity index (χ1n) is 7.53. The molecule has 130 valence electrons. The number of hydrogen-bond donors (Lipinski definition) is 2. The minimum absolute atomic E-state index is 0.279. The van der Waals surface area contributed by atoms with E-state index in [2.05, 4.69) is 5.32 Å². The molecule has 0 bridgehead atoms. The first kappa shape index (κ1) is 17.1. The lowest BCUT2D eigenvalue weighted by Gasteiger charge is -2.12. The monoisotopic (exact) mass is 364 g/mol. The molecule has 2 aromatic heterocycles. The van der Waals surface area contributed by atoms with Crippen molar-refractivity contribution in [1.82, 2.24) is 4.57 Å². The first-order chi connectivity index (χ1) is 11.9. The van der Waals surface area contributed by atoms with Crippen LogP contribution in [0.5, 0.6) is 5.75 Å². The lowest BCUT2D eigenvalue weighted by Crippen LogP contribution is -2.29. The van der Waals surface area contributed by atoms with Gasteiger partial charge in [-0.3, -0.25) is 9.59 Å². The Morgan fingerprint density at radius 2 is 2.08 bits per heavy atom. The van der Waals surface area contributed by atoms with Gasteiger partial charge in [-0.05, 0) is 30.0 Å². The second kappa shape index (κ2) is 6.64. The summed E-state index contributed by atoms with van der Waals surface area (Å²) in [6.45, 7) is 2.25. The molecule has 2 heterocycles. The van der Waals surface area contributed by atoms with E-state index in [0.717, 1.165) is 12.1 Å². The molecule has 0 aliphatic carbocycles. The molecule has 3 aromatic rings. The average molecular weight is 364 g/mol. The van der Waals surface area contributed by atoms with Crippen LogP contribution in [-0.4, -0.2) is 15.6 Å². The van der Waals surface area contributed by atoms with E-state index >= 15 is 0 Å². The SMILES string of the molecule is CCCn1c(=O)c(C(=O)Nc2ccc(F)cc2F)c(O)c2sccc21. The quantitative estimate of drug-likeness (QED) is 0.741. The number of fused-ring (bicyclic) bond motifs is 1. The second-order valence-corrected chi connectivity index (χ2v) is 6.31. The number of aryl methyl sites for hydroxylation is 1. The van der Waals surface area contributed by atoms with E-state index in [1.54, 1.807) is 11.4 Å². The number of amides is 1. The van der Waals surface area contributed by atoms with Crippen LogP contribution >= 0.6 is 11.3 Å². The summed E-state index contributed by atoms with van der Waals surface area (Å²) in [4.78, 5) is 25.1. The number of carbonyl (C=O) groups excluding carboxylic acids is 1. The predicted octanol–water partition coefficient (Wildman–Crippen LogP) is 3.71. The summed E-state index contributed by atoms with van der Waals surface area (Å²) in [5.74, 6) is -3.15. The van der Waals surface area contributed by atoms with Crippen LogP contribution in [0.4, 0.5) is 14.5 Å². The normalized spacial score (nSPS) is 11.0. The van der Waals surface area contributed by atoms with Crippen LogP contribution in [-0.2, 0) is 6.54 Å². The third-order valence-corrected chi connectivity index (χ3v) is 4.61. The minimum atomic E-state index is -0.973. The summed E-state index contributed by atoms with van der Waals surface area (Å²) < 4.78 is 28.5. The van der Waals surface area contributed by atoms with Gasteiger partial charge in [-0.1, -0.05) is 6.92 Å². The van der Waals surface area contributed by atoms with Gasteiger partial charge in [-0.25, -0.2) is 8.78 Å². The van der Waals surface area contributed by atoms with Crippen molar-refractivity contribution >= 4 is 33.1 Å². The predicted molar refractivity (Wildman–Crippen MR) is 92.4 cm³/mol. The number of pyridine rings is 1. The summed E-state index contributed by atoms with van der Waals surface area (Å²) >= 11 is 1.19. The Labute approximate surface area is 145 Å². The molecule has 0 unspecified atom stereocenters. The fourth-order valence-corrected chi connectivity index (χ4v) is 3.42. The molecule has 5 nitrogen and oxygen atoms in total. The molecule has 0 fully saturated rings. The van der Waals surface area contributed by atoms with E-state index in [4.69, 9.17) is 0 Å². The molecule has 2 N–H and O–H groups in total. The molecule has 0 atom stereocenters. The van der Waals surface area contributed by atoms with Gasteiger partial charge in [0.15, 0.2) is 5.75 Å². The number of nitrogens with zero attached hydrogens (tertiary/aromatic N) is 1. The van der Waals surface area contributed by atoms with Gasteiger partial charge in [0.1, 0.15) is 17.2 Å². The van der Waals surface area contributed by atoms with Crippen LogP contribution in [0.1, 0.15) is 23.7 Å². The van der Waals surface area contributed by atoms with Crippen molar-refractivity contribution in [3.05, 3.63) is 57.2 Å². The number of rotatable bonds is 4. The van der Waals surface area contributed by atoms with Crippen LogP contribution < -0.4 is 10.9 Å². The standard InChI is InChI=1S/C17H14F2N2O3S/c1-2-6-21-12-5-7-25-15(12)14(22)13(17(21)24)16(23)20-11-4-3-9(18)8-10(11)19/h3-5,7-8,22H,2,6H2,1H3,(H,20,23). The zero-order valence-electron chi connectivity index (χ0n) is 13.2. The maximum absolute atomic E-state index is 13.7. The third kappa shape index (κ3) is 3.00. The lowest BCUT2D eigenvalue weighted by atomic mass is 10.2. The Morgan fingerprint density at radius 3 is 2.76 bits per heavy atom. The van der Waals surface area contributed by atoms with Gasteiger partial charge in [-0.2, -0.15) is 0 Å². The third-order valence-electron chi connectivity index (χ3n) is 3.70. The number of halogens is 2. The van der Waals surface area contributed by atoms with Crippen LogP contribution in [0, 0.1) is 11.6 Å². The number of hydrogen-bond acceptors (Lipinski definition) is 4. The summed E-state index contributed by atoms with van der Waals surface area (Å²) in [6, 6.07) is 4.34. The maximum Gasteiger partial charge on any atom is 0.267 e. The Kier molecular flexibility index (Phi) is 4.54. The van der Waals surface area contributed by atoms with Crippen molar-refractivity contribution in [2.45, 2.75) is 19.9 Å². The van der Waals surface area contributed by atoms with Gasteiger partial charge in [0.25, 0.3) is 11.5 Å². The highest BCUT2D eigenvalue weighted by atomic mass is 32.1. The van der Waals surface area contributed by atoms with E-state index in [9.17, 15) is 23.5 Å². The fourth-order valence-electron chi connectivity index (χ4n) is 2.58. The molecule has 0 saturated heterocycles. The second-order valence-electron chi connectivity index (χ2n) is 5.39. The molecule has 0 saturated carbocycles. The van der Waals surface area contributed by atoms with E-state index < -0.39 is 34.4 Å². The highest BCUT2D eigenvalue weighted by molar-refractivity contribution is 7.17. The molecular weight excluding hydrogens is 350 g/mol. The Morgan fingerprint density at radius 1 is 1.32 bits per heavy atom. The highest BCUT2D eigenvalue weighted by Crippen LogP contribution is 2.31. The van der Waals surface area contributed by atoms with Gasteiger partial charge in [-0.15, -0.1) is 11.3 Å². The summed E-state index contributed by atoms with van der Waals surface area (Å²) in [6.07, 6.45) is 0.656.